The second-order valence-corrected chi connectivity index (χ2v) is 10.1. The fourth-order valence-electron chi connectivity index (χ4n) is 3.97. The van der Waals surface area contributed by atoms with Gasteiger partial charge in [-0.25, -0.2) is 12.8 Å². The van der Waals surface area contributed by atoms with Gasteiger partial charge in [-0.1, -0.05) is 23.2 Å². The number of aliphatic carboxylic acids is 1. The van der Waals surface area contributed by atoms with E-state index in [1.807, 2.05) is 0 Å². The first-order chi connectivity index (χ1) is 15.1. The van der Waals surface area contributed by atoms with Gasteiger partial charge in [0.25, 0.3) is 0 Å². The fourth-order valence-corrected chi connectivity index (χ4v) is 6.63. The summed E-state index contributed by atoms with van der Waals surface area (Å²) in [5.41, 5.74) is 1.41. The first-order valence-electron chi connectivity index (χ1n) is 9.43. The highest BCUT2D eigenvalue weighted by atomic mass is 35.5. The monoisotopic (exact) mass is 494 g/mol. The Bertz CT molecular complexity index is 1450. The van der Waals surface area contributed by atoms with Gasteiger partial charge in [0, 0.05) is 39.1 Å². The molecule has 32 heavy (non-hydrogen) atoms. The van der Waals surface area contributed by atoms with E-state index in [4.69, 9.17) is 23.2 Å². The average Bonchev–Trinajstić information content (AvgIpc) is 3.30. The third-order valence-electron chi connectivity index (χ3n) is 5.31. The van der Waals surface area contributed by atoms with Crippen LogP contribution in [0.4, 0.5) is 4.39 Å². The third kappa shape index (κ3) is 3.79. The van der Waals surface area contributed by atoms with E-state index in [9.17, 15) is 22.7 Å². The SMILES string of the molecule is Cc1c(C(c2ccc[nH]2)S(=O)(=O)c2ccc(Cl)cc2Cl)c2cc(F)ccc2n1CC(=O)O. The summed E-state index contributed by atoms with van der Waals surface area (Å²) in [5.74, 6) is -1.68. The molecule has 0 bridgehead atoms. The smallest absolute Gasteiger partial charge is 0.323 e. The van der Waals surface area contributed by atoms with Crippen LogP contribution in [0.15, 0.2) is 59.6 Å². The fraction of sp³-hybridized carbons (Fsp3) is 0.136. The van der Waals surface area contributed by atoms with Crippen LogP contribution in [0.25, 0.3) is 10.9 Å². The molecule has 0 saturated heterocycles. The van der Waals surface area contributed by atoms with Crippen molar-refractivity contribution in [2.45, 2.75) is 23.6 Å². The van der Waals surface area contributed by atoms with Crippen molar-refractivity contribution >= 4 is 49.9 Å². The zero-order chi connectivity index (χ0) is 23.2. The standard InChI is InChI=1S/C22H17Cl2FN2O4S/c1-12-21(15-10-14(25)5-6-18(15)27(12)11-20(28)29)22(17-3-2-8-26-17)32(30,31)19-7-4-13(23)9-16(19)24/h2-10,22,26H,11H2,1H3,(H,28,29). The van der Waals surface area contributed by atoms with Gasteiger partial charge in [-0.15, -0.1) is 0 Å². The van der Waals surface area contributed by atoms with Crippen molar-refractivity contribution in [1.82, 2.24) is 9.55 Å². The topological polar surface area (TPSA) is 92.2 Å². The van der Waals surface area contributed by atoms with Gasteiger partial charge in [0.15, 0.2) is 9.84 Å². The van der Waals surface area contributed by atoms with E-state index in [1.165, 1.54) is 41.0 Å². The Balaban J connectivity index is 2.08. The molecule has 2 heterocycles. The minimum Gasteiger partial charge on any atom is -0.480 e. The van der Waals surface area contributed by atoms with Crippen LogP contribution in [0.3, 0.4) is 0 Å². The molecule has 1 atom stereocenters. The summed E-state index contributed by atoms with van der Waals surface area (Å²) in [6.45, 7) is 1.21. The van der Waals surface area contributed by atoms with Crippen molar-refractivity contribution in [3.63, 3.8) is 0 Å². The third-order valence-corrected chi connectivity index (χ3v) is 8.04. The van der Waals surface area contributed by atoms with Crippen molar-refractivity contribution in [1.29, 1.82) is 0 Å². The zero-order valence-electron chi connectivity index (χ0n) is 16.6. The molecule has 0 radical (unpaired) electrons. The van der Waals surface area contributed by atoms with E-state index >= 15 is 0 Å². The number of H-pyrrole nitrogens is 1. The largest absolute Gasteiger partial charge is 0.480 e. The highest BCUT2D eigenvalue weighted by molar-refractivity contribution is 7.92. The van der Waals surface area contributed by atoms with Crippen LogP contribution in [0.2, 0.25) is 10.0 Å². The Labute approximate surface area is 193 Å². The van der Waals surface area contributed by atoms with E-state index in [1.54, 1.807) is 25.3 Å². The molecule has 0 aliphatic carbocycles. The number of nitrogens with zero attached hydrogens (tertiary/aromatic N) is 1. The summed E-state index contributed by atoms with van der Waals surface area (Å²) in [6, 6.07) is 11.2. The molecule has 0 fully saturated rings. The van der Waals surface area contributed by atoms with Gasteiger partial charge < -0.3 is 14.7 Å². The van der Waals surface area contributed by atoms with Gasteiger partial charge in [0.2, 0.25) is 0 Å². The Morgan fingerprint density at radius 3 is 2.56 bits per heavy atom. The number of carboxylic acids is 1. The van der Waals surface area contributed by atoms with Crippen molar-refractivity contribution in [3.05, 3.63) is 87.5 Å². The van der Waals surface area contributed by atoms with Crippen molar-refractivity contribution in [2.75, 3.05) is 0 Å². The predicted octanol–water partition coefficient (Wildman–Crippen LogP) is 5.37. The van der Waals surface area contributed by atoms with Gasteiger partial charge in [-0.05, 0) is 55.5 Å². The number of hydrogen-bond donors (Lipinski definition) is 2. The molecule has 4 rings (SSSR count). The van der Waals surface area contributed by atoms with Crippen molar-refractivity contribution in [3.8, 4) is 0 Å². The molecule has 2 N–H and O–H groups in total. The van der Waals surface area contributed by atoms with Gasteiger partial charge in [-0.3, -0.25) is 4.79 Å². The second kappa shape index (κ2) is 8.27. The van der Waals surface area contributed by atoms with Crippen LogP contribution in [0.5, 0.6) is 0 Å². The van der Waals surface area contributed by atoms with E-state index in [0.717, 1.165) is 0 Å². The number of rotatable bonds is 6. The Hall–Kier alpha value is -2.81. The molecule has 166 valence electrons. The van der Waals surface area contributed by atoms with Crippen LogP contribution in [-0.4, -0.2) is 29.0 Å². The Morgan fingerprint density at radius 2 is 1.94 bits per heavy atom. The highest BCUT2D eigenvalue weighted by Gasteiger charge is 2.37. The van der Waals surface area contributed by atoms with Crippen LogP contribution >= 0.6 is 23.2 Å². The molecule has 0 aliphatic heterocycles. The van der Waals surface area contributed by atoms with Crippen LogP contribution in [-0.2, 0) is 21.2 Å². The number of aromatic nitrogens is 2. The summed E-state index contributed by atoms with van der Waals surface area (Å²) in [7, 11) is -4.17. The van der Waals surface area contributed by atoms with Gasteiger partial charge in [0.05, 0.1) is 9.92 Å². The van der Waals surface area contributed by atoms with Crippen molar-refractivity contribution in [2.24, 2.45) is 0 Å². The van der Waals surface area contributed by atoms with Crippen LogP contribution in [0.1, 0.15) is 22.2 Å². The number of sulfone groups is 1. The Morgan fingerprint density at radius 1 is 1.19 bits per heavy atom. The lowest BCUT2D eigenvalue weighted by molar-refractivity contribution is -0.137. The van der Waals surface area contributed by atoms with Crippen molar-refractivity contribution < 1.29 is 22.7 Å². The second-order valence-electron chi connectivity index (χ2n) is 7.27. The lowest BCUT2D eigenvalue weighted by Crippen LogP contribution is -2.18. The number of benzene rings is 2. The number of nitrogens with one attached hydrogen (secondary N) is 1. The van der Waals surface area contributed by atoms with Gasteiger partial charge in [-0.2, -0.15) is 0 Å². The minimum atomic E-state index is -4.17. The number of halogens is 3. The lowest BCUT2D eigenvalue weighted by atomic mass is 10.1. The molecule has 6 nitrogen and oxygen atoms in total. The zero-order valence-corrected chi connectivity index (χ0v) is 19.0. The molecule has 1 unspecified atom stereocenters. The molecule has 4 aromatic rings. The molecule has 0 aliphatic rings. The first-order valence-corrected chi connectivity index (χ1v) is 11.7. The van der Waals surface area contributed by atoms with E-state index < -0.39 is 33.4 Å². The quantitative estimate of drug-likeness (QED) is 0.376. The van der Waals surface area contributed by atoms with Crippen LogP contribution in [0, 0.1) is 12.7 Å². The Kier molecular flexibility index (Phi) is 5.79. The number of carbonyl (C=O) groups is 1. The summed E-state index contributed by atoms with van der Waals surface area (Å²) in [4.78, 5) is 14.3. The maximum atomic E-state index is 14.2. The van der Waals surface area contributed by atoms with Gasteiger partial charge in [0.1, 0.15) is 17.6 Å². The number of aromatic amines is 1. The van der Waals surface area contributed by atoms with Gasteiger partial charge >= 0.3 is 5.97 Å². The first kappa shape index (κ1) is 22.4. The summed E-state index contributed by atoms with van der Waals surface area (Å²) >= 11 is 12.2. The van der Waals surface area contributed by atoms with E-state index in [0.29, 0.717) is 22.3 Å². The van der Waals surface area contributed by atoms with E-state index in [2.05, 4.69) is 4.98 Å². The molecule has 0 amide bonds. The average molecular weight is 495 g/mol. The molecule has 0 saturated carbocycles. The molecular weight excluding hydrogens is 478 g/mol. The summed E-state index contributed by atoms with van der Waals surface area (Å²) in [6.07, 6.45) is 1.58. The number of hydrogen-bond acceptors (Lipinski definition) is 3. The minimum absolute atomic E-state index is 0.0489. The lowest BCUT2D eigenvalue weighted by Gasteiger charge is -2.19. The summed E-state index contributed by atoms with van der Waals surface area (Å²) in [5, 5.41) is 8.63. The predicted molar refractivity (Wildman–Crippen MR) is 121 cm³/mol. The maximum absolute atomic E-state index is 14.2. The maximum Gasteiger partial charge on any atom is 0.323 e. The molecule has 0 spiro atoms. The summed E-state index contributed by atoms with van der Waals surface area (Å²) < 4.78 is 43.5. The number of fused-ring (bicyclic) bond motifs is 1. The molecule has 10 heteroatoms. The molecular formula is C22H17Cl2FN2O4S. The molecule has 2 aromatic carbocycles. The normalized spacial score (nSPS) is 12.9. The molecule has 2 aromatic heterocycles. The number of carboxylic acid groups (broad SMARTS) is 1. The van der Waals surface area contributed by atoms with E-state index in [-0.39, 0.29) is 20.5 Å². The van der Waals surface area contributed by atoms with Crippen LogP contribution < -0.4 is 0 Å². The highest BCUT2D eigenvalue weighted by Crippen LogP contribution is 2.43.